The lowest BCUT2D eigenvalue weighted by molar-refractivity contribution is -0.122. The minimum Gasteiger partial charge on any atom is -0.381 e. The van der Waals surface area contributed by atoms with Crippen LogP contribution >= 0.6 is 11.5 Å². The summed E-state index contributed by atoms with van der Waals surface area (Å²) in [7, 11) is 0. The first-order chi connectivity index (χ1) is 13.3. The van der Waals surface area contributed by atoms with Gasteiger partial charge in [0.1, 0.15) is 0 Å². The summed E-state index contributed by atoms with van der Waals surface area (Å²) in [6, 6.07) is 9.78. The molecule has 6 nitrogen and oxygen atoms in total. The molecule has 7 heteroatoms. The van der Waals surface area contributed by atoms with Crippen molar-refractivity contribution in [2.45, 2.75) is 38.1 Å². The number of ether oxygens (including phenoxy) is 1. The Morgan fingerprint density at radius 2 is 2.00 bits per heavy atom. The van der Waals surface area contributed by atoms with Crippen LogP contribution in [0.2, 0.25) is 0 Å². The fourth-order valence-electron chi connectivity index (χ4n) is 3.93. The Morgan fingerprint density at radius 3 is 2.81 bits per heavy atom. The highest BCUT2D eigenvalue weighted by molar-refractivity contribution is 7.10. The summed E-state index contributed by atoms with van der Waals surface area (Å²) in [5, 5.41) is 3.59. The van der Waals surface area contributed by atoms with Crippen LogP contribution in [-0.2, 0) is 9.53 Å². The molecule has 0 saturated carbocycles. The van der Waals surface area contributed by atoms with Crippen LogP contribution in [-0.4, -0.2) is 52.5 Å². The van der Waals surface area contributed by atoms with Crippen molar-refractivity contribution in [2.75, 3.05) is 31.6 Å². The number of carbonyl (C=O) groups excluding carboxylic acids is 1. The molecule has 0 bridgehead atoms. The summed E-state index contributed by atoms with van der Waals surface area (Å²) in [4.78, 5) is 19.8. The van der Waals surface area contributed by atoms with Crippen molar-refractivity contribution in [3.63, 3.8) is 0 Å². The van der Waals surface area contributed by atoms with E-state index in [2.05, 4.69) is 19.6 Å². The highest BCUT2D eigenvalue weighted by atomic mass is 32.1. The number of anilines is 1. The van der Waals surface area contributed by atoms with Crippen LogP contribution in [0.25, 0.3) is 11.4 Å². The Morgan fingerprint density at radius 1 is 1.19 bits per heavy atom. The van der Waals surface area contributed by atoms with Gasteiger partial charge in [0.05, 0.1) is 6.04 Å². The van der Waals surface area contributed by atoms with Crippen LogP contribution < -0.4 is 5.32 Å². The maximum atomic E-state index is 12.9. The van der Waals surface area contributed by atoms with Gasteiger partial charge in [0, 0.05) is 36.9 Å². The number of hydrogen-bond acceptors (Lipinski definition) is 6. The van der Waals surface area contributed by atoms with Crippen molar-refractivity contribution in [1.29, 1.82) is 0 Å². The average Bonchev–Trinajstić information content (AvgIpc) is 3.18. The molecule has 2 aliphatic rings. The number of likely N-dealkylation sites (tertiary alicyclic amines) is 1. The minimum atomic E-state index is -0.0642. The molecule has 2 aliphatic heterocycles. The molecule has 0 aliphatic carbocycles. The lowest BCUT2D eigenvalue weighted by Crippen LogP contribution is -2.49. The summed E-state index contributed by atoms with van der Waals surface area (Å²) in [5.41, 5.74) is 0.966. The Hall–Kier alpha value is -1.83. The molecular weight excluding hydrogens is 360 g/mol. The first-order valence-corrected chi connectivity index (χ1v) is 10.6. The van der Waals surface area contributed by atoms with Gasteiger partial charge in [-0.3, -0.25) is 15.0 Å². The first kappa shape index (κ1) is 18.5. The van der Waals surface area contributed by atoms with Crippen LogP contribution in [0.1, 0.15) is 32.1 Å². The van der Waals surface area contributed by atoms with Gasteiger partial charge in [-0.15, -0.1) is 0 Å². The zero-order valence-electron chi connectivity index (χ0n) is 15.5. The van der Waals surface area contributed by atoms with E-state index in [-0.39, 0.29) is 11.9 Å². The van der Waals surface area contributed by atoms with E-state index >= 15 is 0 Å². The van der Waals surface area contributed by atoms with E-state index in [0.29, 0.717) is 16.9 Å². The molecule has 2 saturated heterocycles. The number of nitrogens with one attached hydrogen (secondary N) is 1. The van der Waals surface area contributed by atoms with Crippen molar-refractivity contribution >= 4 is 22.6 Å². The van der Waals surface area contributed by atoms with Gasteiger partial charge in [-0.1, -0.05) is 36.8 Å². The number of amides is 1. The van der Waals surface area contributed by atoms with Crippen LogP contribution in [0.15, 0.2) is 30.3 Å². The van der Waals surface area contributed by atoms with Gasteiger partial charge >= 0.3 is 0 Å². The standard InChI is InChI=1S/C20H26N4O2S/c25-19(22-20-21-18(23-27-20)16-6-2-1-3-7-16)17-8-4-5-11-24(17)14-15-9-12-26-13-10-15/h1-3,6-7,15,17H,4-5,8-14H2,(H,21,22,23,25)/t17-/m0/s1. The maximum absolute atomic E-state index is 12.9. The monoisotopic (exact) mass is 386 g/mol. The zero-order valence-corrected chi connectivity index (χ0v) is 16.3. The quantitative estimate of drug-likeness (QED) is 0.853. The topological polar surface area (TPSA) is 67.4 Å². The third-order valence-corrected chi connectivity index (χ3v) is 6.07. The molecule has 1 amide bonds. The van der Waals surface area contributed by atoms with E-state index in [0.717, 1.165) is 57.6 Å². The third kappa shape index (κ3) is 4.72. The third-order valence-electron chi connectivity index (χ3n) is 5.44. The van der Waals surface area contributed by atoms with Gasteiger partial charge in [-0.25, -0.2) is 0 Å². The molecule has 1 N–H and O–H groups in total. The number of rotatable bonds is 5. The summed E-state index contributed by atoms with van der Waals surface area (Å²) < 4.78 is 9.85. The van der Waals surface area contributed by atoms with Crippen LogP contribution in [0, 0.1) is 5.92 Å². The van der Waals surface area contributed by atoms with Crippen molar-refractivity contribution < 1.29 is 9.53 Å². The Bertz CT molecular complexity index is 745. The molecule has 1 aromatic carbocycles. The molecule has 3 heterocycles. The predicted octanol–water partition coefficient (Wildman–Crippen LogP) is 3.42. The number of piperidine rings is 1. The van der Waals surface area contributed by atoms with Crippen molar-refractivity contribution in [1.82, 2.24) is 14.3 Å². The second kappa shape index (κ2) is 8.91. The lowest BCUT2D eigenvalue weighted by atomic mass is 9.95. The summed E-state index contributed by atoms with van der Waals surface area (Å²) in [6.45, 7) is 3.69. The van der Waals surface area contributed by atoms with Crippen molar-refractivity contribution in [3.8, 4) is 11.4 Å². The maximum Gasteiger partial charge on any atom is 0.243 e. The second-order valence-electron chi connectivity index (χ2n) is 7.34. The molecule has 0 unspecified atom stereocenters. The van der Waals surface area contributed by atoms with Crippen molar-refractivity contribution in [3.05, 3.63) is 30.3 Å². The highest BCUT2D eigenvalue weighted by Crippen LogP contribution is 2.25. The van der Waals surface area contributed by atoms with Gasteiger partial charge in [-0.05, 0) is 38.1 Å². The molecule has 144 valence electrons. The van der Waals surface area contributed by atoms with Gasteiger partial charge in [-0.2, -0.15) is 9.36 Å². The van der Waals surface area contributed by atoms with E-state index in [4.69, 9.17) is 4.74 Å². The van der Waals surface area contributed by atoms with E-state index in [1.165, 1.54) is 18.0 Å². The molecule has 0 spiro atoms. The molecule has 1 aromatic heterocycles. The predicted molar refractivity (Wildman–Crippen MR) is 107 cm³/mol. The van der Waals surface area contributed by atoms with E-state index < -0.39 is 0 Å². The normalized spacial score (nSPS) is 21.9. The second-order valence-corrected chi connectivity index (χ2v) is 8.09. The number of carbonyl (C=O) groups is 1. The molecule has 1 atom stereocenters. The fraction of sp³-hybridized carbons (Fsp3) is 0.550. The van der Waals surface area contributed by atoms with Gasteiger partial charge < -0.3 is 4.74 Å². The van der Waals surface area contributed by atoms with Crippen LogP contribution in [0.5, 0.6) is 0 Å². The molecule has 2 fully saturated rings. The minimum absolute atomic E-state index is 0.0533. The molecule has 27 heavy (non-hydrogen) atoms. The SMILES string of the molecule is O=C(Nc1nc(-c2ccccc2)ns1)[C@@H]1CCCCN1CC1CCOCC1. The summed E-state index contributed by atoms with van der Waals surface area (Å²) >= 11 is 1.25. The lowest BCUT2D eigenvalue weighted by Gasteiger charge is -2.37. The van der Waals surface area contributed by atoms with Gasteiger partial charge in [0.2, 0.25) is 11.0 Å². The molecule has 0 radical (unpaired) electrons. The number of hydrogen-bond donors (Lipinski definition) is 1. The summed E-state index contributed by atoms with van der Waals surface area (Å²) in [6.07, 6.45) is 5.39. The number of aromatic nitrogens is 2. The number of nitrogens with zero attached hydrogens (tertiary/aromatic N) is 3. The Balaban J connectivity index is 1.39. The van der Waals surface area contributed by atoms with Crippen molar-refractivity contribution in [2.24, 2.45) is 5.92 Å². The smallest absolute Gasteiger partial charge is 0.243 e. The van der Waals surface area contributed by atoms with E-state index in [1.807, 2.05) is 30.3 Å². The summed E-state index contributed by atoms with van der Waals surface area (Å²) in [5.74, 6) is 1.36. The van der Waals surface area contributed by atoms with Crippen LogP contribution in [0.4, 0.5) is 5.13 Å². The Kier molecular flexibility index (Phi) is 6.11. The van der Waals surface area contributed by atoms with Gasteiger partial charge in [0.25, 0.3) is 0 Å². The first-order valence-electron chi connectivity index (χ1n) is 9.81. The highest BCUT2D eigenvalue weighted by Gasteiger charge is 2.31. The Labute approximate surface area is 164 Å². The molecule has 2 aromatic rings. The largest absolute Gasteiger partial charge is 0.381 e. The van der Waals surface area contributed by atoms with Gasteiger partial charge in [0.15, 0.2) is 5.82 Å². The van der Waals surface area contributed by atoms with E-state index in [9.17, 15) is 4.79 Å². The fourth-order valence-corrected chi connectivity index (χ4v) is 4.53. The van der Waals surface area contributed by atoms with Crippen LogP contribution in [0.3, 0.4) is 0 Å². The number of benzene rings is 1. The van der Waals surface area contributed by atoms with E-state index in [1.54, 1.807) is 0 Å². The molecular formula is C20H26N4O2S. The molecule has 4 rings (SSSR count). The zero-order chi connectivity index (χ0) is 18.5. The average molecular weight is 387 g/mol.